The van der Waals surface area contributed by atoms with Crippen LogP contribution in [0.4, 0.5) is 11.4 Å². The quantitative estimate of drug-likeness (QED) is 0.529. The monoisotopic (exact) mass is 342 g/mol. The Morgan fingerprint density at radius 3 is 2.48 bits per heavy atom. The van der Waals surface area contributed by atoms with Gasteiger partial charge in [-0.2, -0.15) is 0 Å². The molecule has 0 aliphatic carbocycles. The third-order valence-corrected chi connectivity index (χ3v) is 3.49. The summed E-state index contributed by atoms with van der Waals surface area (Å²) in [5.41, 5.74) is 6.72. The van der Waals surface area contributed by atoms with Crippen LogP contribution in [0.25, 0.3) is 0 Å². The maximum absolute atomic E-state index is 12.1. The van der Waals surface area contributed by atoms with Crippen LogP contribution in [0.15, 0.2) is 48.5 Å². The third kappa shape index (κ3) is 5.58. The maximum Gasteiger partial charge on any atom is 0.293 e. The fourth-order valence-electron chi connectivity index (χ4n) is 2.18. The Hall–Kier alpha value is -2.93. The van der Waals surface area contributed by atoms with E-state index >= 15 is 0 Å². The van der Waals surface area contributed by atoms with E-state index in [0.717, 1.165) is 5.56 Å². The number of carbonyl (C=O) groups excluding carboxylic acids is 1. The summed E-state index contributed by atoms with van der Waals surface area (Å²) in [7, 11) is 0. The molecule has 1 amide bonds. The van der Waals surface area contributed by atoms with Crippen molar-refractivity contribution in [1.82, 2.24) is 5.32 Å². The van der Waals surface area contributed by atoms with E-state index in [0.29, 0.717) is 12.2 Å². The molecule has 0 fully saturated rings. The van der Waals surface area contributed by atoms with Crippen LogP contribution < -0.4 is 16.4 Å². The molecule has 0 saturated carbocycles. The molecule has 2 rings (SSSR count). The number of rotatable bonds is 7. The largest absolute Gasteiger partial charge is 0.375 e. The molecule has 0 saturated heterocycles. The van der Waals surface area contributed by atoms with Gasteiger partial charge in [-0.1, -0.05) is 30.3 Å². The van der Waals surface area contributed by atoms with Gasteiger partial charge in [0.2, 0.25) is 0 Å². The molecule has 0 aliphatic rings. The first-order valence-electron chi connectivity index (χ1n) is 7.89. The van der Waals surface area contributed by atoms with Gasteiger partial charge in [0, 0.05) is 30.3 Å². The molecule has 7 heteroatoms. The van der Waals surface area contributed by atoms with Crippen LogP contribution in [0.5, 0.6) is 0 Å². The highest BCUT2D eigenvalue weighted by atomic mass is 16.6. The molecule has 132 valence electrons. The highest BCUT2D eigenvalue weighted by Crippen LogP contribution is 2.26. The highest BCUT2D eigenvalue weighted by Gasteiger charge is 2.19. The summed E-state index contributed by atoms with van der Waals surface area (Å²) in [6.07, 6.45) is 0. The minimum absolute atomic E-state index is 0.143. The van der Waals surface area contributed by atoms with E-state index in [4.69, 9.17) is 5.73 Å². The van der Waals surface area contributed by atoms with E-state index in [1.165, 1.54) is 6.07 Å². The molecule has 0 radical (unpaired) electrons. The summed E-state index contributed by atoms with van der Waals surface area (Å²) >= 11 is 0. The first kappa shape index (κ1) is 18.4. The van der Waals surface area contributed by atoms with Crippen molar-refractivity contribution in [2.75, 3.05) is 11.9 Å². The number of nitro groups is 1. The molecule has 2 aromatic rings. The Balaban J connectivity index is 2.14. The zero-order valence-electron chi connectivity index (χ0n) is 14.3. The number of carbonyl (C=O) groups is 1. The standard InChI is InChI=1S/C18H22N4O3/c1-18(2,19)12-21-17(23)14-8-9-15(16(10-14)22(24)25)20-11-13-6-4-3-5-7-13/h3-10,20H,11-12,19H2,1-2H3,(H,21,23). The van der Waals surface area contributed by atoms with Crippen molar-refractivity contribution in [3.8, 4) is 0 Å². The van der Waals surface area contributed by atoms with E-state index in [1.54, 1.807) is 26.0 Å². The average molecular weight is 342 g/mol. The Morgan fingerprint density at radius 2 is 1.88 bits per heavy atom. The summed E-state index contributed by atoms with van der Waals surface area (Å²) in [5, 5.41) is 17.1. The molecule has 0 aromatic heterocycles. The molecule has 4 N–H and O–H groups in total. The van der Waals surface area contributed by atoms with Gasteiger partial charge in [-0.05, 0) is 31.5 Å². The van der Waals surface area contributed by atoms with E-state index < -0.39 is 16.4 Å². The molecule has 0 unspecified atom stereocenters. The fraction of sp³-hybridized carbons (Fsp3) is 0.278. The predicted molar refractivity (Wildman–Crippen MR) is 97.5 cm³/mol. The molecule has 0 aliphatic heterocycles. The number of nitrogens with one attached hydrogen (secondary N) is 2. The molecule has 0 heterocycles. The van der Waals surface area contributed by atoms with Crippen molar-refractivity contribution in [3.05, 3.63) is 69.8 Å². The molecule has 7 nitrogen and oxygen atoms in total. The van der Waals surface area contributed by atoms with Crippen molar-refractivity contribution in [1.29, 1.82) is 0 Å². The number of amides is 1. The fourth-order valence-corrected chi connectivity index (χ4v) is 2.18. The van der Waals surface area contributed by atoms with Crippen LogP contribution in [-0.2, 0) is 6.54 Å². The molecule has 25 heavy (non-hydrogen) atoms. The number of nitrogens with zero attached hydrogens (tertiary/aromatic N) is 1. The Morgan fingerprint density at radius 1 is 1.20 bits per heavy atom. The normalized spacial score (nSPS) is 11.0. The van der Waals surface area contributed by atoms with Crippen molar-refractivity contribution in [3.63, 3.8) is 0 Å². The summed E-state index contributed by atoms with van der Waals surface area (Å²) < 4.78 is 0. The van der Waals surface area contributed by atoms with Crippen molar-refractivity contribution < 1.29 is 9.72 Å². The molecule has 0 spiro atoms. The van der Waals surface area contributed by atoms with E-state index in [-0.39, 0.29) is 17.8 Å². The number of anilines is 1. The van der Waals surface area contributed by atoms with Gasteiger partial charge in [0.25, 0.3) is 11.6 Å². The number of benzene rings is 2. The van der Waals surface area contributed by atoms with Crippen LogP contribution in [0.2, 0.25) is 0 Å². The topological polar surface area (TPSA) is 110 Å². The zero-order chi connectivity index (χ0) is 18.4. The number of hydrogen-bond donors (Lipinski definition) is 3. The van der Waals surface area contributed by atoms with Gasteiger partial charge in [-0.3, -0.25) is 14.9 Å². The number of hydrogen-bond acceptors (Lipinski definition) is 5. The van der Waals surface area contributed by atoms with Crippen LogP contribution in [0.1, 0.15) is 29.8 Å². The lowest BCUT2D eigenvalue weighted by atomic mass is 10.1. The lowest BCUT2D eigenvalue weighted by Gasteiger charge is -2.19. The lowest BCUT2D eigenvalue weighted by molar-refractivity contribution is -0.384. The molecular weight excluding hydrogens is 320 g/mol. The highest BCUT2D eigenvalue weighted by molar-refractivity contribution is 5.95. The first-order valence-corrected chi connectivity index (χ1v) is 7.89. The number of nitro benzene ring substituents is 1. The van der Waals surface area contributed by atoms with E-state index in [2.05, 4.69) is 10.6 Å². The minimum atomic E-state index is -0.557. The summed E-state index contributed by atoms with van der Waals surface area (Å²) in [6.45, 7) is 4.29. The van der Waals surface area contributed by atoms with Gasteiger partial charge < -0.3 is 16.4 Å². The minimum Gasteiger partial charge on any atom is -0.375 e. The Kier molecular flexibility index (Phi) is 5.71. The summed E-state index contributed by atoms with van der Waals surface area (Å²) in [5.74, 6) is -0.392. The van der Waals surface area contributed by atoms with Crippen molar-refractivity contribution >= 4 is 17.3 Å². The molecule has 0 bridgehead atoms. The van der Waals surface area contributed by atoms with Gasteiger partial charge in [-0.15, -0.1) is 0 Å². The maximum atomic E-state index is 12.1. The lowest BCUT2D eigenvalue weighted by Crippen LogP contribution is -2.45. The second kappa shape index (κ2) is 7.76. The van der Waals surface area contributed by atoms with Crippen molar-refractivity contribution in [2.24, 2.45) is 5.73 Å². The molecule has 0 atom stereocenters. The molecule has 2 aromatic carbocycles. The first-order chi connectivity index (χ1) is 11.8. The number of nitrogens with two attached hydrogens (primary N) is 1. The Bertz CT molecular complexity index is 755. The zero-order valence-corrected chi connectivity index (χ0v) is 14.3. The van der Waals surface area contributed by atoms with Gasteiger partial charge >= 0.3 is 0 Å². The third-order valence-electron chi connectivity index (χ3n) is 3.49. The second-order valence-electron chi connectivity index (χ2n) is 6.50. The van der Waals surface area contributed by atoms with Crippen LogP contribution in [-0.4, -0.2) is 22.9 Å². The average Bonchev–Trinajstić information content (AvgIpc) is 2.58. The van der Waals surface area contributed by atoms with Crippen LogP contribution >= 0.6 is 0 Å². The summed E-state index contributed by atoms with van der Waals surface area (Å²) in [6, 6.07) is 13.9. The SMILES string of the molecule is CC(C)(N)CNC(=O)c1ccc(NCc2ccccc2)c([N+](=O)[O-])c1. The van der Waals surface area contributed by atoms with Crippen LogP contribution in [0.3, 0.4) is 0 Å². The smallest absolute Gasteiger partial charge is 0.293 e. The predicted octanol–water partition coefficient (Wildman–Crippen LogP) is 2.67. The van der Waals surface area contributed by atoms with Gasteiger partial charge in [0.05, 0.1) is 4.92 Å². The molecular formula is C18H22N4O3. The van der Waals surface area contributed by atoms with E-state index in [1.807, 2.05) is 30.3 Å². The second-order valence-corrected chi connectivity index (χ2v) is 6.50. The van der Waals surface area contributed by atoms with Crippen molar-refractivity contribution in [2.45, 2.75) is 25.9 Å². The van der Waals surface area contributed by atoms with Crippen LogP contribution in [0, 0.1) is 10.1 Å². The van der Waals surface area contributed by atoms with E-state index in [9.17, 15) is 14.9 Å². The van der Waals surface area contributed by atoms with Gasteiger partial charge in [-0.25, -0.2) is 0 Å². The summed E-state index contributed by atoms with van der Waals surface area (Å²) in [4.78, 5) is 23.0. The Labute approximate surface area is 146 Å². The van der Waals surface area contributed by atoms with Gasteiger partial charge in [0.1, 0.15) is 5.69 Å². The van der Waals surface area contributed by atoms with Gasteiger partial charge in [0.15, 0.2) is 0 Å².